The first-order valence-corrected chi connectivity index (χ1v) is 5.09. The molecule has 4 heteroatoms. The summed E-state index contributed by atoms with van der Waals surface area (Å²) in [6.45, 7) is 10.3. The largest absolute Gasteiger partial charge is 0.353 e. The van der Waals surface area contributed by atoms with Crippen LogP contribution in [0.25, 0.3) is 0 Å². The molecule has 1 amide bonds. The van der Waals surface area contributed by atoms with E-state index in [4.69, 9.17) is 5.26 Å². The maximum atomic E-state index is 11.4. The van der Waals surface area contributed by atoms with E-state index in [-0.39, 0.29) is 18.0 Å². The van der Waals surface area contributed by atoms with E-state index >= 15 is 0 Å². The van der Waals surface area contributed by atoms with Gasteiger partial charge in [-0.25, -0.2) is 0 Å². The zero-order valence-electron chi connectivity index (χ0n) is 10.3. The Bertz CT molecular complexity index is 258. The number of nitrogens with one attached hydrogen (secondary N) is 2. The van der Waals surface area contributed by atoms with Gasteiger partial charge in [0, 0.05) is 12.1 Å². The van der Waals surface area contributed by atoms with Gasteiger partial charge in [-0.1, -0.05) is 0 Å². The van der Waals surface area contributed by atoms with Gasteiger partial charge in [0.1, 0.15) is 0 Å². The van der Waals surface area contributed by atoms with Crippen molar-refractivity contribution in [3.05, 3.63) is 0 Å². The predicted octanol–water partition coefficient (Wildman–Crippen LogP) is 1.04. The second-order valence-electron chi connectivity index (χ2n) is 5.38. The van der Waals surface area contributed by atoms with Crippen molar-refractivity contribution >= 4 is 5.91 Å². The number of rotatable bonds is 4. The van der Waals surface area contributed by atoms with Crippen molar-refractivity contribution < 1.29 is 4.79 Å². The summed E-state index contributed by atoms with van der Waals surface area (Å²) >= 11 is 0. The van der Waals surface area contributed by atoms with E-state index in [2.05, 4.69) is 16.7 Å². The first-order valence-electron chi connectivity index (χ1n) is 5.09. The lowest BCUT2D eigenvalue weighted by molar-refractivity contribution is -0.120. The van der Waals surface area contributed by atoms with Crippen LogP contribution in [0, 0.1) is 16.7 Å². The lowest BCUT2D eigenvalue weighted by Gasteiger charge is -2.21. The summed E-state index contributed by atoms with van der Waals surface area (Å²) in [7, 11) is 0. The highest BCUT2D eigenvalue weighted by atomic mass is 16.1. The van der Waals surface area contributed by atoms with E-state index < -0.39 is 5.41 Å². The first-order chi connectivity index (χ1) is 6.66. The molecule has 4 nitrogen and oxygen atoms in total. The standard InChI is InChI=1S/C11H21N3O/c1-10(2,3)14-6-9(15)13-8-11(4,5)7-12/h14H,6,8H2,1-5H3,(H,13,15). The van der Waals surface area contributed by atoms with Crippen LogP contribution in [0.2, 0.25) is 0 Å². The molecular weight excluding hydrogens is 190 g/mol. The normalized spacial score (nSPS) is 12.0. The number of hydrogen-bond donors (Lipinski definition) is 2. The zero-order valence-corrected chi connectivity index (χ0v) is 10.3. The molecule has 0 rings (SSSR count). The van der Waals surface area contributed by atoms with Crippen molar-refractivity contribution in [2.45, 2.75) is 40.2 Å². The minimum Gasteiger partial charge on any atom is -0.353 e. The summed E-state index contributed by atoms with van der Waals surface area (Å²) < 4.78 is 0. The summed E-state index contributed by atoms with van der Waals surface area (Å²) in [5, 5.41) is 14.6. The maximum absolute atomic E-state index is 11.4. The highest BCUT2D eigenvalue weighted by Gasteiger charge is 2.18. The van der Waals surface area contributed by atoms with E-state index in [1.54, 1.807) is 13.8 Å². The molecule has 2 N–H and O–H groups in total. The molecule has 0 aromatic carbocycles. The van der Waals surface area contributed by atoms with Gasteiger partial charge < -0.3 is 10.6 Å². The molecule has 0 saturated heterocycles. The molecule has 0 aliphatic heterocycles. The lowest BCUT2D eigenvalue weighted by Crippen LogP contribution is -2.44. The van der Waals surface area contributed by atoms with E-state index in [0.717, 1.165) is 0 Å². The van der Waals surface area contributed by atoms with Crippen LogP contribution >= 0.6 is 0 Å². The van der Waals surface area contributed by atoms with Gasteiger partial charge in [-0.15, -0.1) is 0 Å². The quantitative estimate of drug-likeness (QED) is 0.730. The average Bonchev–Trinajstić information content (AvgIpc) is 2.10. The number of nitriles is 1. The summed E-state index contributed by atoms with van der Waals surface area (Å²) in [5.41, 5.74) is -0.570. The molecule has 0 saturated carbocycles. The van der Waals surface area contributed by atoms with Crippen LogP contribution in [0.15, 0.2) is 0 Å². The van der Waals surface area contributed by atoms with Crippen LogP contribution in [0.4, 0.5) is 0 Å². The Balaban J connectivity index is 3.83. The van der Waals surface area contributed by atoms with Crippen LogP contribution in [-0.2, 0) is 4.79 Å². The van der Waals surface area contributed by atoms with Gasteiger partial charge in [-0.05, 0) is 34.6 Å². The molecule has 15 heavy (non-hydrogen) atoms. The van der Waals surface area contributed by atoms with Gasteiger partial charge in [0.05, 0.1) is 18.0 Å². The molecule has 0 spiro atoms. The van der Waals surface area contributed by atoms with Crippen molar-refractivity contribution in [2.24, 2.45) is 5.41 Å². The van der Waals surface area contributed by atoms with Gasteiger partial charge in [-0.2, -0.15) is 5.26 Å². The highest BCUT2D eigenvalue weighted by molar-refractivity contribution is 5.78. The fourth-order valence-corrected chi connectivity index (χ4v) is 0.767. The van der Waals surface area contributed by atoms with Crippen molar-refractivity contribution in [3.8, 4) is 6.07 Å². The van der Waals surface area contributed by atoms with Crippen molar-refractivity contribution in [3.63, 3.8) is 0 Å². The maximum Gasteiger partial charge on any atom is 0.234 e. The van der Waals surface area contributed by atoms with Gasteiger partial charge >= 0.3 is 0 Å². The van der Waals surface area contributed by atoms with E-state index in [9.17, 15) is 4.79 Å². The molecular formula is C11H21N3O. The molecule has 0 fully saturated rings. The SMILES string of the molecule is CC(C)(C#N)CNC(=O)CNC(C)(C)C. The van der Waals surface area contributed by atoms with Crippen molar-refractivity contribution in [1.82, 2.24) is 10.6 Å². The zero-order chi connectivity index (χ0) is 12.1. The second kappa shape index (κ2) is 5.13. The summed E-state index contributed by atoms with van der Waals surface area (Å²) in [5.74, 6) is -0.0757. The summed E-state index contributed by atoms with van der Waals surface area (Å²) in [4.78, 5) is 11.4. The van der Waals surface area contributed by atoms with Crippen LogP contribution in [0.3, 0.4) is 0 Å². The number of hydrogen-bond acceptors (Lipinski definition) is 3. The Hall–Kier alpha value is -1.08. The Labute approximate surface area is 92.0 Å². The fraction of sp³-hybridized carbons (Fsp3) is 0.818. The third-order valence-corrected chi connectivity index (χ3v) is 1.81. The van der Waals surface area contributed by atoms with Gasteiger partial charge in [0.2, 0.25) is 5.91 Å². The van der Waals surface area contributed by atoms with Crippen LogP contribution < -0.4 is 10.6 Å². The molecule has 0 aromatic heterocycles. The Morgan fingerprint density at radius 2 is 1.80 bits per heavy atom. The van der Waals surface area contributed by atoms with Crippen LogP contribution in [0.1, 0.15) is 34.6 Å². The minimum absolute atomic E-state index is 0.0674. The molecule has 0 aliphatic rings. The van der Waals surface area contributed by atoms with Crippen molar-refractivity contribution in [2.75, 3.05) is 13.1 Å². The topological polar surface area (TPSA) is 64.9 Å². The van der Waals surface area contributed by atoms with E-state index in [1.807, 2.05) is 20.8 Å². The van der Waals surface area contributed by atoms with Gasteiger partial charge in [0.25, 0.3) is 0 Å². The van der Waals surface area contributed by atoms with Gasteiger partial charge in [-0.3, -0.25) is 4.79 Å². The van der Waals surface area contributed by atoms with Crippen LogP contribution in [-0.4, -0.2) is 24.5 Å². The molecule has 0 aliphatic carbocycles. The third-order valence-electron chi connectivity index (χ3n) is 1.81. The van der Waals surface area contributed by atoms with Crippen LogP contribution in [0.5, 0.6) is 0 Å². The predicted molar refractivity (Wildman–Crippen MR) is 60.2 cm³/mol. The first kappa shape index (κ1) is 13.9. The highest BCUT2D eigenvalue weighted by Crippen LogP contribution is 2.10. The number of carbonyl (C=O) groups excluding carboxylic acids is 1. The van der Waals surface area contributed by atoms with E-state index in [0.29, 0.717) is 6.54 Å². The number of amides is 1. The fourth-order valence-electron chi connectivity index (χ4n) is 0.767. The summed E-state index contributed by atoms with van der Waals surface area (Å²) in [6.07, 6.45) is 0. The molecule has 0 unspecified atom stereocenters. The average molecular weight is 211 g/mol. The monoisotopic (exact) mass is 211 g/mol. The lowest BCUT2D eigenvalue weighted by atomic mass is 9.96. The third kappa shape index (κ3) is 7.95. The van der Waals surface area contributed by atoms with E-state index in [1.165, 1.54) is 0 Å². The Morgan fingerprint density at radius 3 is 2.20 bits per heavy atom. The molecule has 0 atom stereocenters. The van der Waals surface area contributed by atoms with Crippen molar-refractivity contribution in [1.29, 1.82) is 5.26 Å². The Kier molecular flexibility index (Phi) is 4.76. The molecule has 0 bridgehead atoms. The number of nitrogens with zero attached hydrogens (tertiary/aromatic N) is 1. The molecule has 0 heterocycles. The summed E-state index contributed by atoms with van der Waals surface area (Å²) in [6, 6.07) is 2.13. The Morgan fingerprint density at radius 1 is 1.27 bits per heavy atom. The molecule has 86 valence electrons. The molecule has 0 radical (unpaired) electrons. The number of carbonyl (C=O) groups is 1. The molecule has 0 aromatic rings. The smallest absolute Gasteiger partial charge is 0.234 e. The van der Waals surface area contributed by atoms with Gasteiger partial charge in [0.15, 0.2) is 0 Å². The second-order valence-corrected chi connectivity index (χ2v) is 5.38. The minimum atomic E-state index is -0.503.